The minimum absolute atomic E-state index is 0.0688. The lowest BCUT2D eigenvalue weighted by Crippen LogP contribution is -2.30. The van der Waals surface area contributed by atoms with Crippen molar-refractivity contribution in [2.75, 3.05) is 5.75 Å². The Labute approximate surface area is 82.7 Å². The van der Waals surface area contributed by atoms with Gasteiger partial charge in [0.15, 0.2) is 0 Å². The molecule has 0 rings (SSSR count). The van der Waals surface area contributed by atoms with Crippen molar-refractivity contribution in [3.63, 3.8) is 0 Å². The van der Waals surface area contributed by atoms with Gasteiger partial charge < -0.3 is 10.8 Å². The van der Waals surface area contributed by atoms with Crippen LogP contribution in [0.5, 0.6) is 0 Å². The van der Waals surface area contributed by atoms with Crippen molar-refractivity contribution < 1.29 is 24.1 Å². The number of rotatable bonds is 6. The number of aliphatic hydroxyl groups excluding tert-OH is 1. The van der Waals surface area contributed by atoms with E-state index in [0.29, 0.717) is 0 Å². The molecule has 0 radical (unpaired) electrons. The smallest absolute Gasteiger partial charge is 0.256 e. The zero-order chi connectivity index (χ0) is 11.1. The van der Waals surface area contributed by atoms with Crippen LogP contribution in [0, 0.1) is 0 Å². The molecule has 0 heterocycles. The Morgan fingerprint density at radius 1 is 1.50 bits per heavy atom. The van der Waals surface area contributed by atoms with E-state index in [9.17, 15) is 13.8 Å². The largest absolute Gasteiger partial charge is 0.380 e. The third-order valence-corrected chi connectivity index (χ3v) is 2.73. The molecule has 0 aliphatic rings. The van der Waals surface area contributed by atoms with Gasteiger partial charge in [0.1, 0.15) is 11.2 Å². The Bertz CT molecular complexity index is 244. The van der Waals surface area contributed by atoms with Crippen molar-refractivity contribution in [3.05, 3.63) is 0 Å². The van der Waals surface area contributed by atoms with Crippen molar-refractivity contribution >= 4 is 22.6 Å². The van der Waals surface area contributed by atoms with Crippen LogP contribution in [0.4, 0.5) is 0 Å². The maximum absolute atomic E-state index is 11.1. The molecular weight excluding hydrogens is 212 g/mol. The number of primary amides is 1. The fourth-order valence-electron chi connectivity index (χ4n) is 0.655. The van der Waals surface area contributed by atoms with E-state index in [1.807, 2.05) is 0 Å². The van der Waals surface area contributed by atoms with E-state index in [2.05, 4.69) is 0 Å². The average molecular weight is 224 g/mol. The molecule has 0 spiro atoms. The molecule has 0 aliphatic heterocycles. The molecule has 0 saturated heterocycles. The molecule has 82 valence electrons. The van der Waals surface area contributed by atoms with Crippen LogP contribution in [0.3, 0.4) is 0 Å². The van der Waals surface area contributed by atoms with Gasteiger partial charge in [0.2, 0.25) is 5.91 Å². The monoisotopic (exact) mass is 224 g/mol. The van der Waals surface area contributed by atoms with Crippen LogP contribution >= 0.6 is 0 Å². The molecule has 0 aromatic carbocycles. The summed E-state index contributed by atoms with van der Waals surface area (Å²) in [5.74, 6) is -2.00. The van der Waals surface area contributed by atoms with Gasteiger partial charge in [-0.3, -0.25) is 19.0 Å². The first-order valence-corrected chi connectivity index (χ1v) is 5.12. The topological polar surface area (TPSA) is 130 Å². The molecule has 0 fully saturated rings. The van der Waals surface area contributed by atoms with Gasteiger partial charge in [-0.15, -0.1) is 0 Å². The van der Waals surface area contributed by atoms with E-state index in [-0.39, 0.29) is 12.8 Å². The highest BCUT2D eigenvalue weighted by atomic mass is 32.2. The van der Waals surface area contributed by atoms with E-state index in [0.717, 1.165) is 0 Å². The first kappa shape index (κ1) is 13.0. The molecule has 7 nitrogen and oxygen atoms in total. The Kier molecular flexibility index (Phi) is 6.00. The summed E-state index contributed by atoms with van der Waals surface area (Å²) < 4.78 is 11.1. The lowest BCUT2D eigenvalue weighted by molar-refractivity contribution is -0.126. The van der Waals surface area contributed by atoms with Gasteiger partial charge in [-0.1, -0.05) is 0 Å². The molecular formula is C6H12N2O5S. The zero-order valence-corrected chi connectivity index (χ0v) is 8.12. The van der Waals surface area contributed by atoms with Crippen LogP contribution in [-0.2, 0) is 20.4 Å². The van der Waals surface area contributed by atoms with E-state index in [1.54, 1.807) is 0 Å². The Morgan fingerprint density at radius 3 is 2.50 bits per heavy atom. The summed E-state index contributed by atoms with van der Waals surface area (Å²) in [6.45, 7) is 0. The van der Waals surface area contributed by atoms with Gasteiger partial charge in [-0.05, 0) is 6.42 Å². The number of carbonyl (C=O) groups is 2. The number of amides is 2. The van der Waals surface area contributed by atoms with E-state index in [1.165, 1.54) is 5.48 Å². The number of hydrogen-bond acceptors (Lipinski definition) is 5. The molecule has 0 saturated carbocycles. The van der Waals surface area contributed by atoms with Crippen molar-refractivity contribution in [1.29, 1.82) is 0 Å². The summed E-state index contributed by atoms with van der Waals surface area (Å²) >= 11 is 0. The summed E-state index contributed by atoms with van der Waals surface area (Å²) in [5, 5.41) is 17.2. The highest BCUT2D eigenvalue weighted by Crippen LogP contribution is 2.01. The summed E-state index contributed by atoms with van der Waals surface area (Å²) in [6.07, 6.45) is -0.172. The second-order valence-corrected chi connectivity index (χ2v) is 4.11. The highest BCUT2D eigenvalue weighted by molar-refractivity contribution is 7.86. The molecule has 2 amide bonds. The minimum Gasteiger partial charge on any atom is -0.380 e. The maximum atomic E-state index is 11.1. The second-order valence-electron chi connectivity index (χ2n) is 2.52. The molecule has 0 aliphatic carbocycles. The lowest BCUT2D eigenvalue weighted by atomic mass is 10.3. The van der Waals surface area contributed by atoms with Crippen molar-refractivity contribution in [3.8, 4) is 0 Å². The first-order valence-electron chi connectivity index (χ1n) is 3.74. The summed E-state index contributed by atoms with van der Waals surface area (Å²) in [4.78, 5) is 20.8. The SMILES string of the molecule is NC(=O)CCC(O)S(=O)CC(=O)NO. The molecule has 5 N–H and O–H groups in total. The quantitative estimate of drug-likeness (QED) is 0.301. The third-order valence-electron chi connectivity index (χ3n) is 1.34. The molecule has 0 aromatic rings. The summed E-state index contributed by atoms with van der Waals surface area (Å²) in [6, 6.07) is 0. The van der Waals surface area contributed by atoms with Crippen LogP contribution in [0.15, 0.2) is 0 Å². The predicted octanol–water partition coefficient (Wildman–Crippen LogP) is -2.18. The van der Waals surface area contributed by atoms with Crippen molar-refractivity contribution in [2.24, 2.45) is 5.73 Å². The molecule has 0 aromatic heterocycles. The van der Waals surface area contributed by atoms with Gasteiger partial charge in [-0.25, -0.2) is 5.48 Å². The average Bonchev–Trinajstić information content (AvgIpc) is 2.13. The Balaban J connectivity index is 3.87. The molecule has 0 bridgehead atoms. The number of hydrogen-bond donors (Lipinski definition) is 4. The molecule has 8 heteroatoms. The molecule has 2 unspecified atom stereocenters. The second kappa shape index (κ2) is 6.46. The summed E-state index contributed by atoms with van der Waals surface area (Å²) in [5.41, 5.74) is 4.79. The minimum atomic E-state index is -1.84. The van der Waals surface area contributed by atoms with E-state index >= 15 is 0 Å². The first-order chi connectivity index (χ1) is 6.47. The number of carbonyl (C=O) groups excluding carboxylic acids is 2. The number of aliphatic hydroxyl groups is 1. The van der Waals surface area contributed by atoms with Crippen LogP contribution < -0.4 is 11.2 Å². The van der Waals surface area contributed by atoms with Gasteiger partial charge >= 0.3 is 0 Å². The van der Waals surface area contributed by atoms with Gasteiger partial charge in [0.25, 0.3) is 5.91 Å². The number of nitrogens with two attached hydrogens (primary N) is 1. The van der Waals surface area contributed by atoms with Crippen LogP contribution in [0.2, 0.25) is 0 Å². The van der Waals surface area contributed by atoms with Crippen LogP contribution in [0.1, 0.15) is 12.8 Å². The van der Waals surface area contributed by atoms with Crippen LogP contribution in [-0.4, -0.2) is 37.5 Å². The Morgan fingerprint density at radius 2 is 2.07 bits per heavy atom. The Hall–Kier alpha value is -0.990. The third kappa shape index (κ3) is 5.62. The fourth-order valence-corrected chi connectivity index (χ4v) is 1.55. The number of nitrogens with one attached hydrogen (secondary N) is 1. The van der Waals surface area contributed by atoms with Gasteiger partial charge in [0, 0.05) is 6.42 Å². The number of hydroxylamine groups is 1. The van der Waals surface area contributed by atoms with E-state index < -0.39 is 33.8 Å². The lowest BCUT2D eigenvalue weighted by Gasteiger charge is -2.07. The fraction of sp³-hybridized carbons (Fsp3) is 0.667. The zero-order valence-electron chi connectivity index (χ0n) is 7.30. The van der Waals surface area contributed by atoms with E-state index in [4.69, 9.17) is 16.0 Å². The maximum Gasteiger partial charge on any atom is 0.256 e. The standard InChI is InChI=1S/C6H12N2O5S/c7-4(9)1-2-6(11)14(13)3-5(10)8-12/h6,11-12H,1-3H2,(H2,7,9)(H,8,10). The van der Waals surface area contributed by atoms with Crippen LogP contribution in [0.25, 0.3) is 0 Å². The van der Waals surface area contributed by atoms with Gasteiger partial charge in [-0.2, -0.15) is 0 Å². The molecule has 14 heavy (non-hydrogen) atoms. The van der Waals surface area contributed by atoms with Crippen molar-refractivity contribution in [1.82, 2.24) is 5.48 Å². The highest BCUT2D eigenvalue weighted by Gasteiger charge is 2.16. The molecule has 2 atom stereocenters. The van der Waals surface area contributed by atoms with Gasteiger partial charge in [0.05, 0.1) is 10.8 Å². The summed E-state index contributed by atoms with van der Waals surface area (Å²) in [7, 11) is -1.84. The van der Waals surface area contributed by atoms with Crippen molar-refractivity contribution in [2.45, 2.75) is 18.3 Å². The normalized spacial score (nSPS) is 14.4. The predicted molar refractivity (Wildman–Crippen MR) is 47.4 cm³/mol.